The van der Waals surface area contributed by atoms with Crippen molar-refractivity contribution in [3.63, 3.8) is 0 Å². The summed E-state index contributed by atoms with van der Waals surface area (Å²) in [5.41, 5.74) is 7.78. The highest BCUT2D eigenvalue weighted by molar-refractivity contribution is 5.37. The van der Waals surface area contributed by atoms with Gasteiger partial charge in [0.2, 0.25) is 0 Å². The number of hydrogen-bond donors (Lipinski definition) is 1. The van der Waals surface area contributed by atoms with Crippen molar-refractivity contribution in [2.24, 2.45) is 16.6 Å². The van der Waals surface area contributed by atoms with E-state index in [1.807, 2.05) is 0 Å². The van der Waals surface area contributed by atoms with E-state index < -0.39 is 0 Å². The lowest BCUT2D eigenvalue weighted by Crippen LogP contribution is -2.40. The van der Waals surface area contributed by atoms with Crippen LogP contribution in [0.3, 0.4) is 0 Å². The van der Waals surface area contributed by atoms with Crippen molar-refractivity contribution in [2.45, 2.75) is 58.5 Å². The van der Waals surface area contributed by atoms with Gasteiger partial charge in [-0.3, -0.25) is 0 Å². The molecule has 2 N–H and O–H groups in total. The van der Waals surface area contributed by atoms with Crippen molar-refractivity contribution < 1.29 is 9.13 Å². The van der Waals surface area contributed by atoms with Gasteiger partial charge < -0.3 is 10.5 Å². The highest BCUT2D eigenvalue weighted by atomic mass is 19.1. The second-order valence-electron chi connectivity index (χ2n) is 7.77. The van der Waals surface area contributed by atoms with Crippen LogP contribution in [0.5, 0.6) is 5.75 Å². The third-order valence-electron chi connectivity index (χ3n) is 5.52. The summed E-state index contributed by atoms with van der Waals surface area (Å²) in [7, 11) is 0. The molecule has 1 aliphatic carbocycles. The molecule has 0 bridgehead atoms. The Hall–Kier alpha value is -1.09. The van der Waals surface area contributed by atoms with E-state index in [1.54, 1.807) is 12.1 Å². The second-order valence-corrected chi connectivity index (χ2v) is 7.77. The normalized spacial score (nSPS) is 26.2. The third kappa shape index (κ3) is 3.08. The number of benzene rings is 1. The van der Waals surface area contributed by atoms with E-state index in [2.05, 4.69) is 13.8 Å². The van der Waals surface area contributed by atoms with Gasteiger partial charge in [-0.1, -0.05) is 13.8 Å². The zero-order valence-corrected chi connectivity index (χ0v) is 13.1. The van der Waals surface area contributed by atoms with E-state index in [4.69, 9.17) is 10.5 Å². The summed E-state index contributed by atoms with van der Waals surface area (Å²) in [6.07, 6.45) is 6.80. The average Bonchev–Trinajstić information content (AvgIpc) is 2.83. The molecule has 116 valence electrons. The Morgan fingerprint density at radius 2 is 1.95 bits per heavy atom. The Kier molecular flexibility index (Phi) is 3.73. The van der Waals surface area contributed by atoms with Gasteiger partial charge >= 0.3 is 0 Å². The largest absolute Gasteiger partial charge is 0.490 e. The zero-order valence-electron chi connectivity index (χ0n) is 13.1. The van der Waals surface area contributed by atoms with Gasteiger partial charge in [0.1, 0.15) is 17.7 Å². The van der Waals surface area contributed by atoms with Crippen LogP contribution in [0.4, 0.5) is 4.39 Å². The average molecular weight is 291 g/mol. The lowest BCUT2D eigenvalue weighted by atomic mass is 9.63. The Balaban J connectivity index is 1.67. The maximum atomic E-state index is 13.3. The van der Waals surface area contributed by atoms with E-state index in [-0.39, 0.29) is 17.3 Å². The van der Waals surface area contributed by atoms with Crippen LogP contribution < -0.4 is 10.5 Å². The predicted octanol–water partition coefficient (Wildman–Crippen LogP) is 4.06. The number of fused-ring (bicyclic) bond motifs is 1. The molecule has 0 saturated heterocycles. The Labute approximate surface area is 126 Å². The Morgan fingerprint density at radius 3 is 2.62 bits per heavy atom. The molecule has 1 atom stereocenters. The number of halogens is 1. The first kappa shape index (κ1) is 14.8. The summed E-state index contributed by atoms with van der Waals surface area (Å²) in [6.45, 7) is 5.42. The molecule has 3 heteroatoms. The van der Waals surface area contributed by atoms with Crippen molar-refractivity contribution in [3.8, 4) is 5.75 Å². The minimum atomic E-state index is -0.175. The summed E-state index contributed by atoms with van der Waals surface area (Å²) in [5, 5.41) is 0. The molecule has 0 amide bonds. The summed E-state index contributed by atoms with van der Waals surface area (Å²) in [4.78, 5) is 0. The smallest absolute Gasteiger partial charge is 0.123 e. The van der Waals surface area contributed by atoms with Crippen LogP contribution in [0, 0.1) is 16.6 Å². The summed E-state index contributed by atoms with van der Waals surface area (Å²) >= 11 is 0. The van der Waals surface area contributed by atoms with Crippen molar-refractivity contribution in [1.29, 1.82) is 0 Å². The van der Waals surface area contributed by atoms with E-state index in [0.29, 0.717) is 5.41 Å². The van der Waals surface area contributed by atoms with E-state index in [9.17, 15) is 4.39 Å². The highest BCUT2D eigenvalue weighted by Crippen LogP contribution is 2.48. The minimum absolute atomic E-state index is 0.159. The van der Waals surface area contributed by atoms with Gasteiger partial charge in [0.25, 0.3) is 0 Å². The molecule has 1 saturated carbocycles. The van der Waals surface area contributed by atoms with E-state index in [0.717, 1.165) is 30.7 Å². The molecule has 1 heterocycles. The molecule has 1 aromatic rings. The molecule has 1 fully saturated rings. The fraction of sp³-hybridized carbons (Fsp3) is 0.667. The molecular weight excluding hydrogens is 265 g/mol. The first-order chi connectivity index (χ1) is 9.91. The first-order valence-corrected chi connectivity index (χ1v) is 8.07. The van der Waals surface area contributed by atoms with Crippen LogP contribution in [0.2, 0.25) is 0 Å². The Morgan fingerprint density at radius 1 is 1.24 bits per heavy atom. The van der Waals surface area contributed by atoms with Crippen LogP contribution in [0.1, 0.15) is 51.5 Å². The van der Waals surface area contributed by atoms with Crippen molar-refractivity contribution in [3.05, 3.63) is 29.6 Å². The molecule has 0 radical (unpaired) electrons. The lowest BCUT2D eigenvalue weighted by molar-refractivity contribution is 0.0601. The molecule has 2 aliphatic rings. The van der Waals surface area contributed by atoms with Crippen LogP contribution in [-0.4, -0.2) is 12.6 Å². The van der Waals surface area contributed by atoms with Gasteiger partial charge in [0, 0.05) is 12.0 Å². The quantitative estimate of drug-likeness (QED) is 0.911. The molecule has 2 nitrogen and oxygen atoms in total. The molecule has 3 rings (SSSR count). The van der Waals surface area contributed by atoms with Gasteiger partial charge in [-0.25, -0.2) is 4.39 Å². The summed E-state index contributed by atoms with van der Waals surface area (Å²) in [6, 6.07) is 4.83. The minimum Gasteiger partial charge on any atom is -0.490 e. The number of hydrogen-bond acceptors (Lipinski definition) is 2. The van der Waals surface area contributed by atoms with E-state index >= 15 is 0 Å². The van der Waals surface area contributed by atoms with Gasteiger partial charge in [-0.2, -0.15) is 0 Å². The fourth-order valence-corrected chi connectivity index (χ4v) is 3.83. The Bertz CT molecular complexity index is 516. The number of rotatable bonds is 3. The maximum Gasteiger partial charge on any atom is 0.123 e. The first-order valence-electron chi connectivity index (χ1n) is 8.07. The second kappa shape index (κ2) is 5.28. The maximum absolute atomic E-state index is 13.3. The molecule has 1 unspecified atom stereocenters. The van der Waals surface area contributed by atoms with Crippen molar-refractivity contribution >= 4 is 0 Å². The summed E-state index contributed by atoms with van der Waals surface area (Å²) < 4.78 is 19.3. The molecule has 21 heavy (non-hydrogen) atoms. The van der Waals surface area contributed by atoms with E-state index in [1.165, 1.54) is 31.7 Å². The molecule has 1 aliphatic heterocycles. The van der Waals surface area contributed by atoms with Crippen LogP contribution >= 0.6 is 0 Å². The fourth-order valence-electron chi connectivity index (χ4n) is 3.83. The molecule has 0 aromatic heterocycles. The van der Waals surface area contributed by atoms with Crippen molar-refractivity contribution in [2.75, 3.05) is 6.54 Å². The predicted molar refractivity (Wildman–Crippen MR) is 82.9 cm³/mol. The number of nitrogens with two attached hydrogens (primary N) is 1. The van der Waals surface area contributed by atoms with Gasteiger partial charge in [-0.15, -0.1) is 0 Å². The molecular formula is C18H26FNO. The lowest BCUT2D eigenvalue weighted by Gasteiger charge is -2.44. The SMILES string of the molecule is CC1(C)CCC(CN)(CC2Cc3cc(F)ccc3O2)CC1. The van der Waals surface area contributed by atoms with Crippen molar-refractivity contribution in [1.82, 2.24) is 0 Å². The topological polar surface area (TPSA) is 35.2 Å². The third-order valence-corrected chi connectivity index (χ3v) is 5.52. The monoisotopic (exact) mass is 291 g/mol. The van der Waals surface area contributed by atoms with Gasteiger partial charge in [-0.05, 0) is 67.7 Å². The number of ether oxygens (including phenoxy) is 1. The van der Waals surface area contributed by atoms with Crippen LogP contribution in [-0.2, 0) is 6.42 Å². The molecule has 1 aromatic carbocycles. The highest BCUT2D eigenvalue weighted by Gasteiger charge is 2.40. The molecule has 0 spiro atoms. The van der Waals surface area contributed by atoms with Gasteiger partial charge in [0.05, 0.1) is 0 Å². The van der Waals surface area contributed by atoms with Crippen LogP contribution in [0.15, 0.2) is 18.2 Å². The van der Waals surface area contributed by atoms with Gasteiger partial charge in [0.15, 0.2) is 0 Å². The van der Waals surface area contributed by atoms with Crippen LogP contribution in [0.25, 0.3) is 0 Å². The summed E-state index contributed by atoms with van der Waals surface area (Å²) in [5.74, 6) is 0.677. The zero-order chi connectivity index (χ0) is 15.1. The standard InChI is InChI=1S/C18H26FNO/c1-17(2)5-7-18(12-20,8-6-17)11-15-10-13-9-14(19)3-4-16(13)21-15/h3-4,9,15H,5-8,10-12,20H2,1-2H3.